The molecule has 7 nitrogen and oxygen atoms in total. The number of hydrogen-bond acceptors (Lipinski definition) is 5. The van der Waals surface area contributed by atoms with Crippen LogP contribution in [0.4, 0.5) is 5.69 Å². The van der Waals surface area contributed by atoms with E-state index in [1.807, 2.05) is 0 Å². The van der Waals surface area contributed by atoms with Crippen molar-refractivity contribution < 1.29 is 23.5 Å². The van der Waals surface area contributed by atoms with Crippen molar-refractivity contribution in [3.05, 3.63) is 53.0 Å². The molecule has 2 aliphatic heterocycles. The monoisotopic (exact) mass is 354 g/mol. The fourth-order valence-electron chi connectivity index (χ4n) is 3.35. The summed E-state index contributed by atoms with van der Waals surface area (Å²) in [4.78, 5) is 38.7. The van der Waals surface area contributed by atoms with Crippen LogP contribution in [-0.2, 0) is 4.74 Å². The minimum Gasteiger partial charge on any atom is -0.469 e. The number of anilines is 1. The lowest BCUT2D eigenvalue weighted by Gasteiger charge is -2.17. The molecule has 134 valence electrons. The number of imide groups is 1. The fraction of sp³-hybridized carbons (Fsp3) is 0.316. The smallest absolute Gasteiger partial charge is 0.261 e. The molecular weight excluding hydrogens is 336 g/mol. The third-order valence-electron chi connectivity index (χ3n) is 4.74. The Morgan fingerprint density at radius 1 is 1.23 bits per heavy atom. The molecule has 2 aliphatic rings. The summed E-state index contributed by atoms with van der Waals surface area (Å²) in [6.07, 6.45) is 3.13. The second kappa shape index (κ2) is 6.42. The van der Waals surface area contributed by atoms with Gasteiger partial charge in [-0.25, -0.2) is 0 Å². The van der Waals surface area contributed by atoms with Gasteiger partial charge in [0.1, 0.15) is 5.76 Å². The molecule has 1 fully saturated rings. The predicted octanol–water partition coefficient (Wildman–Crippen LogP) is 2.62. The number of benzene rings is 1. The summed E-state index contributed by atoms with van der Waals surface area (Å²) in [6.45, 7) is 2.63. The van der Waals surface area contributed by atoms with Gasteiger partial charge >= 0.3 is 0 Å². The van der Waals surface area contributed by atoms with Crippen molar-refractivity contribution in [1.82, 2.24) is 4.90 Å². The molecule has 7 heteroatoms. The van der Waals surface area contributed by atoms with E-state index in [1.165, 1.54) is 11.2 Å². The number of furan rings is 1. The maximum Gasteiger partial charge on any atom is 0.261 e. The standard InChI is InChI=1S/C19H18N2O5/c1-11-14(6-8-25-11)17(22)20-12-4-5-15-16(9-12)19(24)21(18(15)23)10-13-3-2-7-26-13/h4-6,8-9,13H,2-3,7,10H2,1H3,(H,20,22). The molecule has 0 spiro atoms. The molecule has 1 N–H and O–H groups in total. The maximum atomic E-state index is 12.6. The van der Waals surface area contributed by atoms with Gasteiger partial charge in [0.2, 0.25) is 0 Å². The normalized spacial score (nSPS) is 19.1. The Morgan fingerprint density at radius 2 is 2.04 bits per heavy atom. The summed E-state index contributed by atoms with van der Waals surface area (Å²) in [5, 5.41) is 2.73. The molecule has 2 aromatic rings. The number of aryl methyl sites for hydroxylation is 1. The van der Waals surface area contributed by atoms with Crippen LogP contribution >= 0.6 is 0 Å². The summed E-state index contributed by atoms with van der Waals surface area (Å²) in [7, 11) is 0. The van der Waals surface area contributed by atoms with Crippen molar-refractivity contribution in [2.45, 2.75) is 25.9 Å². The summed E-state index contributed by atoms with van der Waals surface area (Å²) in [5.41, 5.74) is 1.53. The Kier molecular flexibility index (Phi) is 4.08. The zero-order chi connectivity index (χ0) is 18.3. The quantitative estimate of drug-likeness (QED) is 0.853. The van der Waals surface area contributed by atoms with Crippen LogP contribution in [0.3, 0.4) is 0 Å². The second-order valence-corrected chi connectivity index (χ2v) is 6.46. The van der Waals surface area contributed by atoms with Crippen LogP contribution in [-0.4, -0.2) is 41.9 Å². The van der Waals surface area contributed by atoms with Gasteiger partial charge in [-0.3, -0.25) is 19.3 Å². The molecule has 1 aromatic heterocycles. The first-order valence-electron chi connectivity index (χ1n) is 8.52. The summed E-state index contributed by atoms with van der Waals surface area (Å²) >= 11 is 0. The number of hydrogen-bond donors (Lipinski definition) is 1. The van der Waals surface area contributed by atoms with Crippen LogP contribution in [0.15, 0.2) is 34.9 Å². The van der Waals surface area contributed by atoms with Gasteiger partial charge in [-0.2, -0.15) is 0 Å². The average molecular weight is 354 g/mol. The molecule has 1 saturated heterocycles. The molecule has 3 amide bonds. The van der Waals surface area contributed by atoms with Gasteiger partial charge in [-0.1, -0.05) is 0 Å². The van der Waals surface area contributed by atoms with Crippen LogP contribution in [0.1, 0.15) is 49.7 Å². The minimum atomic E-state index is -0.351. The van der Waals surface area contributed by atoms with Gasteiger partial charge in [0.15, 0.2) is 0 Å². The third-order valence-corrected chi connectivity index (χ3v) is 4.74. The summed E-state index contributed by atoms with van der Waals surface area (Å²) in [5.74, 6) is -0.484. The number of nitrogens with one attached hydrogen (secondary N) is 1. The van der Waals surface area contributed by atoms with E-state index in [2.05, 4.69) is 5.32 Å². The first-order valence-corrected chi connectivity index (χ1v) is 8.52. The zero-order valence-corrected chi connectivity index (χ0v) is 14.3. The van der Waals surface area contributed by atoms with Gasteiger partial charge in [0.05, 0.1) is 35.6 Å². The number of ether oxygens (including phenoxy) is 1. The lowest BCUT2D eigenvalue weighted by Crippen LogP contribution is -2.36. The van der Waals surface area contributed by atoms with Gasteiger partial charge in [-0.05, 0) is 44.0 Å². The Morgan fingerprint density at radius 3 is 2.73 bits per heavy atom. The van der Waals surface area contributed by atoms with Crippen molar-refractivity contribution in [2.75, 3.05) is 18.5 Å². The van der Waals surface area contributed by atoms with E-state index in [0.29, 0.717) is 34.7 Å². The maximum absolute atomic E-state index is 12.6. The molecule has 0 radical (unpaired) electrons. The molecule has 1 unspecified atom stereocenters. The zero-order valence-electron chi connectivity index (χ0n) is 14.3. The van der Waals surface area contributed by atoms with E-state index in [4.69, 9.17) is 9.15 Å². The largest absolute Gasteiger partial charge is 0.469 e. The van der Waals surface area contributed by atoms with Gasteiger partial charge in [0, 0.05) is 12.3 Å². The number of carbonyl (C=O) groups excluding carboxylic acids is 3. The number of fused-ring (bicyclic) bond motifs is 1. The van der Waals surface area contributed by atoms with Crippen molar-refractivity contribution in [1.29, 1.82) is 0 Å². The van der Waals surface area contributed by atoms with Crippen molar-refractivity contribution in [3.63, 3.8) is 0 Å². The van der Waals surface area contributed by atoms with Crippen molar-refractivity contribution in [2.24, 2.45) is 0 Å². The van der Waals surface area contributed by atoms with Crippen molar-refractivity contribution >= 4 is 23.4 Å². The number of amides is 3. The van der Waals surface area contributed by atoms with Crippen LogP contribution in [0.2, 0.25) is 0 Å². The van der Waals surface area contributed by atoms with E-state index >= 15 is 0 Å². The van der Waals surface area contributed by atoms with Gasteiger partial charge < -0.3 is 14.5 Å². The highest BCUT2D eigenvalue weighted by molar-refractivity contribution is 6.22. The number of rotatable bonds is 4. The highest BCUT2D eigenvalue weighted by atomic mass is 16.5. The minimum absolute atomic E-state index is 0.0968. The topological polar surface area (TPSA) is 88.8 Å². The Labute approximate surface area is 149 Å². The Bertz CT molecular complexity index is 895. The van der Waals surface area contributed by atoms with Gasteiger partial charge in [-0.15, -0.1) is 0 Å². The number of carbonyl (C=O) groups is 3. The van der Waals surface area contributed by atoms with Crippen LogP contribution in [0.25, 0.3) is 0 Å². The highest BCUT2D eigenvalue weighted by Crippen LogP contribution is 2.27. The molecule has 4 rings (SSSR count). The third kappa shape index (κ3) is 2.80. The molecular formula is C19H18N2O5. The fourth-order valence-corrected chi connectivity index (χ4v) is 3.35. The van der Waals surface area contributed by atoms with E-state index in [-0.39, 0.29) is 30.4 Å². The molecule has 0 aliphatic carbocycles. The first-order chi connectivity index (χ1) is 12.5. The molecule has 1 aromatic carbocycles. The van der Waals surface area contributed by atoms with Crippen LogP contribution in [0, 0.1) is 6.92 Å². The van der Waals surface area contributed by atoms with E-state index in [9.17, 15) is 14.4 Å². The molecule has 1 atom stereocenters. The summed E-state index contributed by atoms with van der Waals surface area (Å²) < 4.78 is 10.7. The predicted molar refractivity (Wildman–Crippen MR) is 92.2 cm³/mol. The molecule has 26 heavy (non-hydrogen) atoms. The van der Waals surface area contributed by atoms with E-state index < -0.39 is 0 Å². The number of nitrogens with zero attached hydrogens (tertiary/aromatic N) is 1. The lowest BCUT2D eigenvalue weighted by molar-refractivity contribution is 0.0475. The average Bonchev–Trinajstić information content (AvgIpc) is 3.33. The van der Waals surface area contributed by atoms with Crippen LogP contribution < -0.4 is 5.32 Å². The molecule has 0 saturated carbocycles. The SMILES string of the molecule is Cc1occc1C(=O)Nc1ccc2c(c1)C(=O)N(CC1CCCO1)C2=O. The summed E-state index contributed by atoms with van der Waals surface area (Å²) in [6, 6.07) is 6.31. The van der Waals surface area contributed by atoms with Crippen LogP contribution in [0.5, 0.6) is 0 Å². The molecule has 0 bridgehead atoms. The van der Waals surface area contributed by atoms with Gasteiger partial charge in [0.25, 0.3) is 17.7 Å². The Hall–Kier alpha value is -2.93. The van der Waals surface area contributed by atoms with Crippen molar-refractivity contribution in [3.8, 4) is 0 Å². The highest BCUT2D eigenvalue weighted by Gasteiger charge is 2.37. The molecule has 3 heterocycles. The van der Waals surface area contributed by atoms with E-state index in [0.717, 1.165) is 12.8 Å². The Balaban J connectivity index is 1.54. The second-order valence-electron chi connectivity index (χ2n) is 6.46. The first kappa shape index (κ1) is 16.5. The van der Waals surface area contributed by atoms with E-state index in [1.54, 1.807) is 31.2 Å². The lowest BCUT2D eigenvalue weighted by atomic mass is 10.1.